The Morgan fingerprint density at radius 3 is 2.76 bits per heavy atom. The lowest BCUT2D eigenvalue weighted by atomic mass is 9.84. The first kappa shape index (κ1) is 19.2. The van der Waals surface area contributed by atoms with Crippen LogP contribution in [0.15, 0.2) is 35.5 Å². The molecule has 1 aromatic carbocycles. The molecular weight excluding hydrogens is 332 g/mol. The van der Waals surface area contributed by atoms with E-state index in [9.17, 15) is 0 Å². The van der Waals surface area contributed by atoms with E-state index in [1.54, 1.807) is 18.4 Å². The number of aromatic nitrogens is 1. The quantitative estimate of drug-likeness (QED) is 0.586. The van der Waals surface area contributed by atoms with Crippen LogP contribution < -0.4 is 15.4 Å². The zero-order valence-corrected chi connectivity index (χ0v) is 16.5. The Hall–Kier alpha value is -2.08. The van der Waals surface area contributed by atoms with Crippen LogP contribution in [-0.2, 0) is 12.0 Å². The number of nitrogens with one attached hydrogen (secondary N) is 2. The van der Waals surface area contributed by atoms with Gasteiger partial charge in [0.15, 0.2) is 5.96 Å². The van der Waals surface area contributed by atoms with E-state index in [1.165, 1.54) is 10.4 Å². The lowest BCUT2D eigenvalue weighted by Crippen LogP contribution is -2.43. The van der Waals surface area contributed by atoms with E-state index in [4.69, 9.17) is 4.74 Å². The first-order valence-electron chi connectivity index (χ1n) is 8.52. The number of aliphatic imine (C=N–C) groups is 1. The van der Waals surface area contributed by atoms with Crippen molar-refractivity contribution in [3.8, 4) is 5.75 Å². The number of hydrogen-bond acceptors (Lipinski definition) is 4. The molecule has 0 aliphatic carbocycles. The van der Waals surface area contributed by atoms with Gasteiger partial charge in [0.2, 0.25) is 0 Å². The smallest absolute Gasteiger partial charge is 0.191 e. The van der Waals surface area contributed by atoms with Crippen molar-refractivity contribution in [2.75, 3.05) is 20.2 Å². The Balaban J connectivity index is 2.03. The minimum atomic E-state index is -0.0531. The maximum atomic E-state index is 5.34. The van der Waals surface area contributed by atoms with Gasteiger partial charge in [0, 0.05) is 29.6 Å². The van der Waals surface area contributed by atoms with Crippen LogP contribution in [0.2, 0.25) is 0 Å². The molecule has 0 amide bonds. The summed E-state index contributed by atoms with van der Waals surface area (Å²) >= 11 is 1.68. The Morgan fingerprint density at radius 1 is 1.32 bits per heavy atom. The number of guanidine groups is 1. The Labute approximate surface area is 154 Å². The van der Waals surface area contributed by atoms with E-state index >= 15 is 0 Å². The fraction of sp³-hybridized carbons (Fsp3) is 0.474. The first-order valence-corrected chi connectivity index (χ1v) is 9.34. The van der Waals surface area contributed by atoms with Crippen LogP contribution in [0.4, 0.5) is 0 Å². The van der Waals surface area contributed by atoms with Crippen LogP contribution in [-0.4, -0.2) is 31.1 Å². The van der Waals surface area contributed by atoms with Crippen molar-refractivity contribution < 1.29 is 4.74 Å². The number of ether oxygens (including phenoxy) is 1. The number of benzene rings is 1. The average Bonchev–Trinajstić information content (AvgIpc) is 3.03. The molecule has 0 aliphatic heterocycles. The molecule has 0 unspecified atom stereocenters. The third kappa shape index (κ3) is 5.74. The molecule has 1 heterocycles. The molecule has 6 heteroatoms. The molecule has 0 bridgehead atoms. The lowest BCUT2D eigenvalue weighted by molar-refractivity contribution is 0.411. The molecule has 25 heavy (non-hydrogen) atoms. The highest BCUT2D eigenvalue weighted by molar-refractivity contribution is 7.11. The summed E-state index contributed by atoms with van der Waals surface area (Å²) < 4.78 is 5.34. The van der Waals surface area contributed by atoms with Gasteiger partial charge < -0.3 is 15.4 Å². The van der Waals surface area contributed by atoms with Crippen molar-refractivity contribution in [1.29, 1.82) is 0 Å². The number of hydrogen-bond donors (Lipinski definition) is 2. The van der Waals surface area contributed by atoms with Gasteiger partial charge in [0.25, 0.3) is 0 Å². The monoisotopic (exact) mass is 360 g/mol. The lowest BCUT2D eigenvalue weighted by Gasteiger charge is -2.27. The number of methoxy groups -OCH3 is 1. The van der Waals surface area contributed by atoms with Gasteiger partial charge in [-0.15, -0.1) is 11.3 Å². The summed E-state index contributed by atoms with van der Waals surface area (Å²) in [5, 5.41) is 7.78. The molecule has 0 saturated carbocycles. The zero-order valence-electron chi connectivity index (χ0n) is 15.7. The molecule has 0 atom stereocenters. The third-order valence-electron chi connectivity index (χ3n) is 3.93. The fourth-order valence-corrected chi connectivity index (χ4v) is 3.13. The molecule has 1 aromatic heterocycles. The predicted molar refractivity (Wildman–Crippen MR) is 106 cm³/mol. The molecule has 0 spiro atoms. The summed E-state index contributed by atoms with van der Waals surface area (Å²) in [4.78, 5) is 10.2. The summed E-state index contributed by atoms with van der Waals surface area (Å²) in [6.07, 6.45) is 1.89. The van der Waals surface area contributed by atoms with Gasteiger partial charge in [0.05, 0.1) is 13.7 Å². The molecule has 2 aromatic rings. The molecule has 0 aliphatic rings. The highest BCUT2D eigenvalue weighted by Crippen LogP contribution is 2.25. The molecule has 0 radical (unpaired) electrons. The number of thiazole rings is 1. The molecule has 5 nitrogen and oxygen atoms in total. The van der Waals surface area contributed by atoms with Crippen LogP contribution in [0, 0.1) is 6.92 Å². The van der Waals surface area contributed by atoms with Crippen molar-refractivity contribution in [2.45, 2.75) is 39.7 Å². The highest BCUT2D eigenvalue weighted by Gasteiger charge is 2.21. The van der Waals surface area contributed by atoms with E-state index in [0.29, 0.717) is 6.54 Å². The Bertz CT molecular complexity index is 709. The standard InChI is InChI=1S/C19H28N4OS/c1-6-20-18(22-12-17-21-11-14(2)25-17)23-13-19(3,4)15-8-7-9-16(10-15)24-5/h7-11H,6,12-13H2,1-5H3,(H2,20,22,23). The van der Waals surface area contributed by atoms with Gasteiger partial charge in [-0.1, -0.05) is 26.0 Å². The van der Waals surface area contributed by atoms with E-state index in [0.717, 1.165) is 29.8 Å². The molecule has 0 saturated heterocycles. The molecule has 2 N–H and O–H groups in total. The Kier molecular flexibility index (Phi) is 6.82. The van der Waals surface area contributed by atoms with Crippen molar-refractivity contribution in [3.05, 3.63) is 45.9 Å². The third-order valence-corrected chi connectivity index (χ3v) is 4.83. The van der Waals surface area contributed by atoms with Gasteiger partial charge in [-0.3, -0.25) is 0 Å². The number of rotatable bonds is 7. The topological polar surface area (TPSA) is 58.5 Å². The fourth-order valence-electron chi connectivity index (χ4n) is 2.41. The van der Waals surface area contributed by atoms with E-state index in [-0.39, 0.29) is 5.41 Å². The Morgan fingerprint density at radius 2 is 2.12 bits per heavy atom. The summed E-state index contributed by atoms with van der Waals surface area (Å²) in [5.41, 5.74) is 1.17. The van der Waals surface area contributed by atoms with Crippen LogP contribution in [0.1, 0.15) is 36.2 Å². The maximum Gasteiger partial charge on any atom is 0.191 e. The normalized spacial score (nSPS) is 12.1. The highest BCUT2D eigenvalue weighted by atomic mass is 32.1. The number of nitrogens with zero attached hydrogens (tertiary/aromatic N) is 2. The van der Waals surface area contributed by atoms with Gasteiger partial charge in [-0.25, -0.2) is 9.98 Å². The predicted octanol–water partition coefficient (Wildman–Crippen LogP) is 3.49. The van der Waals surface area contributed by atoms with E-state index in [1.807, 2.05) is 18.3 Å². The number of aryl methyl sites for hydroxylation is 1. The summed E-state index contributed by atoms with van der Waals surface area (Å²) in [6.45, 7) is 10.7. The summed E-state index contributed by atoms with van der Waals surface area (Å²) in [5.74, 6) is 1.69. The van der Waals surface area contributed by atoms with Crippen LogP contribution >= 0.6 is 11.3 Å². The molecule has 136 valence electrons. The zero-order chi connectivity index (χ0) is 18.3. The van der Waals surface area contributed by atoms with Crippen molar-refractivity contribution >= 4 is 17.3 Å². The van der Waals surface area contributed by atoms with Crippen LogP contribution in [0.5, 0.6) is 5.75 Å². The first-order chi connectivity index (χ1) is 11.9. The largest absolute Gasteiger partial charge is 0.497 e. The van der Waals surface area contributed by atoms with Crippen molar-refractivity contribution in [1.82, 2.24) is 15.6 Å². The second kappa shape index (κ2) is 8.85. The molecule has 0 fully saturated rings. The minimum absolute atomic E-state index is 0.0531. The van der Waals surface area contributed by atoms with Crippen LogP contribution in [0.25, 0.3) is 0 Å². The van der Waals surface area contributed by atoms with Gasteiger partial charge in [-0.05, 0) is 31.5 Å². The molecular formula is C19H28N4OS. The van der Waals surface area contributed by atoms with Gasteiger partial charge in [-0.2, -0.15) is 0 Å². The van der Waals surface area contributed by atoms with E-state index in [2.05, 4.69) is 60.4 Å². The average molecular weight is 361 g/mol. The summed E-state index contributed by atoms with van der Waals surface area (Å²) in [6, 6.07) is 8.21. The van der Waals surface area contributed by atoms with E-state index < -0.39 is 0 Å². The second-order valence-corrected chi connectivity index (χ2v) is 7.85. The van der Waals surface area contributed by atoms with Gasteiger partial charge >= 0.3 is 0 Å². The SMILES string of the molecule is CCNC(=NCc1ncc(C)s1)NCC(C)(C)c1cccc(OC)c1. The molecule has 2 rings (SSSR count). The summed E-state index contributed by atoms with van der Waals surface area (Å²) in [7, 11) is 1.70. The van der Waals surface area contributed by atoms with Crippen molar-refractivity contribution in [3.63, 3.8) is 0 Å². The van der Waals surface area contributed by atoms with Crippen molar-refractivity contribution in [2.24, 2.45) is 4.99 Å². The minimum Gasteiger partial charge on any atom is -0.497 e. The second-order valence-electron chi connectivity index (χ2n) is 6.53. The van der Waals surface area contributed by atoms with Crippen LogP contribution in [0.3, 0.4) is 0 Å². The van der Waals surface area contributed by atoms with Gasteiger partial charge in [0.1, 0.15) is 10.8 Å². The maximum absolute atomic E-state index is 5.34.